The second kappa shape index (κ2) is 6.61. The normalized spacial score (nSPS) is 32.5. The largest absolute Gasteiger partial charge is 0.365 e. The number of alkyl halides is 2. The Kier molecular flexibility index (Phi) is 4.42. The summed E-state index contributed by atoms with van der Waals surface area (Å²) < 4.78 is 29.1. The SMILES string of the molecule is NC(=O)c1cnc(N[C@H]2CC[C@H](OC(F)F)CC2)nc1NC12CC(C1)C2. The molecule has 4 aliphatic rings. The van der Waals surface area contributed by atoms with E-state index < -0.39 is 18.6 Å². The summed E-state index contributed by atoms with van der Waals surface area (Å²) in [6, 6.07) is 0.0924. The molecule has 1 amide bonds. The maximum Gasteiger partial charge on any atom is 0.345 e. The van der Waals surface area contributed by atoms with Crippen LogP contribution in [-0.2, 0) is 4.74 Å². The van der Waals surface area contributed by atoms with E-state index in [4.69, 9.17) is 5.73 Å². The molecule has 4 fully saturated rings. The molecule has 142 valence electrons. The molecule has 5 rings (SSSR count). The molecule has 0 atom stereocenters. The van der Waals surface area contributed by atoms with Gasteiger partial charge in [0.25, 0.3) is 5.91 Å². The van der Waals surface area contributed by atoms with Crippen molar-refractivity contribution in [2.75, 3.05) is 10.6 Å². The Hall–Kier alpha value is -2.03. The highest BCUT2D eigenvalue weighted by atomic mass is 19.3. The number of carbonyl (C=O) groups excluding carboxylic acids is 1. The van der Waals surface area contributed by atoms with Crippen molar-refractivity contribution in [3.05, 3.63) is 11.8 Å². The molecule has 0 saturated heterocycles. The highest BCUT2D eigenvalue weighted by Crippen LogP contribution is 2.58. The molecule has 0 spiro atoms. The summed E-state index contributed by atoms with van der Waals surface area (Å²) in [4.78, 5) is 20.3. The van der Waals surface area contributed by atoms with Crippen LogP contribution in [0.3, 0.4) is 0 Å². The molecule has 1 aromatic rings. The number of nitrogens with zero attached hydrogens (tertiary/aromatic N) is 2. The monoisotopic (exact) mass is 367 g/mol. The maximum atomic E-state index is 12.3. The number of amides is 1. The standard InChI is InChI=1S/C17H23F2N5O2/c18-15(19)26-11-3-1-10(2-4-11)22-16-21-8-12(13(20)25)14(23-16)24-17-5-9(6-17)7-17/h8-11,15H,1-7H2,(H2,20,25)(H2,21,22,23,24)/t9?,10-,11-,17?. The van der Waals surface area contributed by atoms with Gasteiger partial charge in [0.1, 0.15) is 5.82 Å². The second-order valence-electron chi connectivity index (χ2n) is 7.72. The molecule has 0 aliphatic heterocycles. The summed E-state index contributed by atoms with van der Waals surface area (Å²) in [5.74, 6) is 1.13. The van der Waals surface area contributed by atoms with Crippen molar-refractivity contribution in [2.24, 2.45) is 11.7 Å². The van der Waals surface area contributed by atoms with Crippen molar-refractivity contribution in [1.29, 1.82) is 0 Å². The van der Waals surface area contributed by atoms with Gasteiger partial charge in [-0.3, -0.25) is 4.79 Å². The van der Waals surface area contributed by atoms with Crippen molar-refractivity contribution in [2.45, 2.75) is 69.2 Å². The van der Waals surface area contributed by atoms with E-state index >= 15 is 0 Å². The molecule has 1 aromatic heterocycles. The molecule has 0 unspecified atom stereocenters. The number of aromatic nitrogens is 2. The predicted octanol–water partition coefficient (Wildman–Crippen LogP) is 2.50. The minimum Gasteiger partial charge on any atom is -0.365 e. The Morgan fingerprint density at radius 3 is 2.50 bits per heavy atom. The molecule has 4 N–H and O–H groups in total. The van der Waals surface area contributed by atoms with Crippen LogP contribution >= 0.6 is 0 Å². The number of hydrogen-bond donors (Lipinski definition) is 3. The molecule has 9 heteroatoms. The highest BCUT2D eigenvalue weighted by Gasteiger charge is 2.57. The Bertz CT molecular complexity index is 677. The third-order valence-corrected chi connectivity index (χ3v) is 5.78. The van der Waals surface area contributed by atoms with Gasteiger partial charge in [-0.15, -0.1) is 0 Å². The molecule has 0 radical (unpaired) electrons. The van der Waals surface area contributed by atoms with Crippen LogP contribution in [0.2, 0.25) is 0 Å². The Morgan fingerprint density at radius 1 is 1.27 bits per heavy atom. The fourth-order valence-corrected chi connectivity index (χ4v) is 4.28. The lowest BCUT2D eigenvalue weighted by molar-refractivity contribution is -0.169. The van der Waals surface area contributed by atoms with E-state index in [0.717, 1.165) is 25.2 Å². The molecular weight excluding hydrogens is 344 g/mol. The average molecular weight is 367 g/mol. The van der Waals surface area contributed by atoms with Crippen LogP contribution in [0, 0.1) is 5.92 Å². The number of carbonyl (C=O) groups is 1. The fraction of sp³-hybridized carbons (Fsp3) is 0.706. The molecule has 4 aliphatic carbocycles. The van der Waals surface area contributed by atoms with Crippen molar-refractivity contribution >= 4 is 17.7 Å². The van der Waals surface area contributed by atoms with E-state index in [0.29, 0.717) is 37.4 Å². The Labute approximate surface area is 150 Å². The lowest BCUT2D eigenvalue weighted by atomic mass is 9.50. The van der Waals surface area contributed by atoms with Crippen LogP contribution in [0.4, 0.5) is 20.5 Å². The van der Waals surface area contributed by atoms with Gasteiger partial charge in [0.05, 0.1) is 11.7 Å². The molecule has 2 bridgehead atoms. The van der Waals surface area contributed by atoms with E-state index in [1.807, 2.05) is 0 Å². The highest BCUT2D eigenvalue weighted by molar-refractivity contribution is 5.97. The van der Waals surface area contributed by atoms with Crippen molar-refractivity contribution in [3.63, 3.8) is 0 Å². The van der Waals surface area contributed by atoms with Crippen LogP contribution in [0.5, 0.6) is 0 Å². The first-order chi connectivity index (χ1) is 12.4. The third kappa shape index (κ3) is 3.44. The summed E-state index contributed by atoms with van der Waals surface area (Å²) in [6.07, 6.45) is 6.89. The first-order valence-electron chi connectivity index (χ1n) is 9.08. The number of halogens is 2. The van der Waals surface area contributed by atoms with Gasteiger partial charge in [0.15, 0.2) is 0 Å². The Balaban J connectivity index is 1.40. The third-order valence-electron chi connectivity index (χ3n) is 5.78. The fourth-order valence-electron chi connectivity index (χ4n) is 4.28. The summed E-state index contributed by atoms with van der Waals surface area (Å²) >= 11 is 0. The molecule has 0 aromatic carbocycles. The first kappa shape index (κ1) is 17.4. The van der Waals surface area contributed by atoms with E-state index in [-0.39, 0.29) is 17.1 Å². The Morgan fingerprint density at radius 2 is 1.96 bits per heavy atom. The summed E-state index contributed by atoms with van der Waals surface area (Å²) in [5, 5.41) is 6.62. The maximum absolute atomic E-state index is 12.3. The predicted molar refractivity (Wildman–Crippen MR) is 91.0 cm³/mol. The zero-order valence-electron chi connectivity index (χ0n) is 14.4. The van der Waals surface area contributed by atoms with E-state index in [9.17, 15) is 13.6 Å². The number of anilines is 2. The van der Waals surface area contributed by atoms with Gasteiger partial charge in [-0.2, -0.15) is 13.8 Å². The summed E-state index contributed by atoms with van der Waals surface area (Å²) in [6.45, 7) is -2.72. The van der Waals surface area contributed by atoms with E-state index in [2.05, 4.69) is 25.3 Å². The molecule has 7 nitrogen and oxygen atoms in total. The van der Waals surface area contributed by atoms with Crippen molar-refractivity contribution < 1.29 is 18.3 Å². The first-order valence-corrected chi connectivity index (χ1v) is 9.08. The zero-order chi connectivity index (χ0) is 18.3. The van der Waals surface area contributed by atoms with Crippen molar-refractivity contribution in [3.8, 4) is 0 Å². The van der Waals surface area contributed by atoms with E-state index in [1.165, 1.54) is 6.20 Å². The molecule has 1 heterocycles. The molecular formula is C17H23F2N5O2. The van der Waals surface area contributed by atoms with Gasteiger partial charge in [0.2, 0.25) is 5.95 Å². The quantitative estimate of drug-likeness (QED) is 0.684. The second-order valence-corrected chi connectivity index (χ2v) is 7.72. The van der Waals surface area contributed by atoms with Gasteiger partial charge in [-0.1, -0.05) is 0 Å². The average Bonchev–Trinajstić information content (AvgIpc) is 2.51. The smallest absolute Gasteiger partial charge is 0.345 e. The lowest BCUT2D eigenvalue weighted by Gasteiger charge is -2.62. The van der Waals surface area contributed by atoms with Gasteiger partial charge >= 0.3 is 6.61 Å². The minimum absolute atomic E-state index is 0.0607. The number of primary amides is 1. The number of rotatable bonds is 7. The van der Waals surface area contributed by atoms with Gasteiger partial charge in [-0.05, 0) is 50.9 Å². The summed E-state index contributed by atoms with van der Waals surface area (Å²) in [5.41, 5.74) is 5.79. The molecule has 26 heavy (non-hydrogen) atoms. The van der Waals surface area contributed by atoms with Gasteiger partial charge in [0, 0.05) is 17.8 Å². The number of nitrogens with two attached hydrogens (primary N) is 1. The van der Waals surface area contributed by atoms with Crippen LogP contribution in [-0.4, -0.2) is 40.2 Å². The van der Waals surface area contributed by atoms with Crippen LogP contribution < -0.4 is 16.4 Å². The van der Waals surface area contributed by atoms with Crippen LogP contribution in [0.15, 0.2) is 6.20 Å². The molecule has 4 saturated carbocycles. The van der Waals surface area contributed by atoms with Crippen LogP contribution in [0.25, 0.3) is 0 Å². The van der Waals surface area contributed by atoms with E-state index in [1.54, 1.807) is 0 Å². The summed E-state index contributed by atoms with van der Waals surface area (Å²) in [7, 11) is 0. The lowest BCUT2D eigenvalue weighted by Crippen LogP contribution is -2.63. The number of ether oxygens (including phenoxy) is 1. The number of nitrogens with one attached hydrogen (secondary N) is 2. The zero-order valence-corrected chi connectivity index (χ0v) is 14.4. The topological polar surface area (TPSA) is 102 Å². The van der Waals surface area contributed by atoms with Gasteiger partial charge in [-0.25, -0.2) is 4.98 Å². The minimum atomic E-state index is -2.72. The number of hydrogen-bond acceptors (Lipinski definition) is 6. The van der Waals surface area contributed by atoms with Crippen LogP contribution in [0.1, 0.15) is 55.3 Å². The van der Waals surface area contributed by atoms with Crippen molar-refractivity contribution in [1.82, 2.24) is 9.97 Å². The van der Waals surface area contributed by atoms with Gasteiger partial charge < -0.3 is 21.1 Å².